The van der Waals surface area contributed by atoms with E-state index in [-0.39, 0.29) is 23.8 Å². The fourth-order valence-corrected chi connectivity index (χ4v) is 1.70. The Bertz CT molecular complexity index is 460. The molecule has 20 heavy (non-hydrogen) atoms. The van der Waals surface area contributed by atoms with E-state index in [1.807, 2.05) is 0 Å². The van der Waals surface area contributed by atoms with Gasteiger partial charge in [-0.25, -0.2) is 0 Å². The number of hydrogen-bond donors (Lipinski definition) is 2. The maximum atomic E-state index is 12.2. The molecule has 1 atom stereocenters. The van der Waals surface area contributed by atoms with Crippen molar-refractivity contribution in [3.05, 3.63) is 29.8 Å². The highest BCUT2D eigenvalue weighted by atomic mass is 19.4. The molecule has 0 saturated carbocycles. The standard InChI is InChI=1S/C13H16F3NO3/c1-8(2)11(12(18)19)17-7-9-5-3-4-6-10(9)20-13(14,15)16/h3-6,8,11,17H,7H2,1-2H3,(H,18,19). The first-order valence-electron chi connectivity index (χ1n) is 6.00. The lowest BCUT2D eigenvalue weighted by atomic mass is 10.0. The van der Waals surface area contributed by atoms with Crippen LogP contribution in [0.25, 0.3) is 0 Å². The molecule has 112 valence electrons. The number of carboxylic acid groups (broad SMARTS) is 1. The van der Waals surface area contributed by atoms with E-state index in [0.717, 1.165) is 0 Å². The minimum absolute atomic E-state index is 0.0264. The summed E-state index contributed by atoms with van der Waals surface area (Å²) >= 11 is 0. The van der Waals surface area contributed by atoms with Crippen molar-refractivity contribution < 1.29 is 27.8 Å². The Morgan fingerprint density at radius 3 is 2.45 bits per heavy atom. The zero-order valence-electron chi connectivity index (χ0n) is 11.1. The molecule has 0 bridgehead atoms. The number of alkyl halides is 3. The molecule has 0 aliphatic carbocycles. The van der Waals surface area contributed by atoms with E-state index in [0.29, 0.717) is 0 Å². The summed E-state index contributed by atoms with van der Waals surface area (Å²) in [6, 6.07) is 4.78. The highest BCUT2D eigenvalue weighted by Crippen LogP contribution is 2.26. The number of rotatable bonds is 6. The number of ether oxygens (including phenoxy) is 1. The van der Waals surface area contributed by atoms with Crippen molar-refractivity contribution in [2.75, 3.05) is 0 Å². The highest BCUT2D eigenvalue weighted by molar-refractivity contribution is 5.73. The van der Waals surface area contributed by atoms with Crippen molar-refractivity contribution in [3.8, 4) is 5.75 Å². The molecule has 0 aliphatic rings. The Morgan fingerprint density at radius 1 is 1.35 bits per heavy atom. The van der Waals surface area contributed by atoms with Gasteiger partial charge >= 0.3 is 12.3 Å². The average molecular weight is 291 g/mol. The number of carbonyl (C=O) groups is 1. The number of carboxylic acids is 1. The van der Waals surface area contributed by atoms with E-state index in [1.54, 1.807) is 19.9 Å². The summed E-state index contributed by atoms with van der Waals surface area (Å²) in [4.78, 5) is 11.0. The van der Waals surface area contributed by atoms with Crippen molar-refractivity contribution in [2.45, 2.75) is 32.8 Å². The predicted octanol–water partition coefficient (Wildman–Crippen LogP) is 2.78. The average Bonchev–Trinajstić information content (AvgIpc) is 2.28. The third-order valence-corrected chi connectivity index (χ3v) is 2.64. The first kappa shape index (κ1) is 16.3. The smallest absolute Gasteiger partial charge is 0.480 e. The van der Waals surface area contributed by atoms with Crippen molar-refractivity contribution >= 4 is 5.97 Å². The van der Waals surface area contributed by atoms with E-state index in [4.69, 9.17) is 5.11 Å². The number of nitrogens with one attached hydrogen (secondary N) is 1. The van der Waals surface area contributed by atoms with Gasteiger partial charge in [-0.15, -0.1) is 13.2 Å². The van der Waals surface area contributed by atoms with Gasteiger partial charge in [-0.3, -0.25) is 10.1 Å². The molecule has 1 unspecified atom stereocenters. The van der Waals surface area contributed by atoms with Crippen LogP contribution in [0.5, 0.6) is 5.75 Å². The molecule has 0 radical (unpaired) electrons. The molecule has 0 amide bonds. The summed E-state index contributed by atoms with van der Waals surface area (Å²) in [5.74, 6) is -1.57. The molecule has 0 fully saturated rings. The van der Waals surface area contributed by atoms with Crippen LogP contribution in [0, 0.1) is 5.92 Å². The predicted molar refractivity (Wildman–Crippen MR) is 66.2 cm³/mol. The van der Waals surface area contributed by atoms with Gasteiger partial charge in [0.2, 0.25) is 0 Å². The zero-order valence-corrected chi connectivity index (χ0v) is 11.1. The number of aliphatic carboxylic acids is 1. The van der Waals surface area contributed by atoms with E-state index in [9.17, 15) is 18.0 Å². The molecule has 0 heterocycles. The van der Waals surface area contributed by atoms with Crippen LogP contribution in [0.1, 0.15) is 19.4 Å². The van der Waals surface area contributed by atoms with Crippen molar-refractivity contribution in [3.63, 3.8) is 0 Å². The summed E-state index contributed by atoms with van der Waals surface area (Å²) in [6.45, 7) is 3.40. The Labute approximate surface area is 114 Å². The highest BCUT2D eigenvalue weighted by Gasteiger charge is 2.32. The molecule has 1 rings (SSSR count). The van der Waals surface area contributed by atoms with Gasteiger partial charge in [0.1, 0.15) is 11.8 Å². The van der Waals surface area contributed by atoms with E-state index in [1.165, 1.54) is 18.2 Å². The molecule has 1 aromatic carbocycles. The molecule has 0 saturated heterocycles. The molecular formula is C13H16F3NO3. The van der Waals surface area contributed by atoms with Crippen molar-refractivity contribution in [2.24, 2.45) is 5.92 Å². The Balaban J connectivity index is 2.80. The normalized spacial score (nSPS) is 13.3. The summed E-state index contributed by atoms with van der Waals surface area (Å²) in [5, 5.41) is 11.7. The van der Waals surface area contributed by atoms with Crippen LogP contribution < -0.4 is 10.1 Å². The summed E-state index contributed by atoms with van der Waals surface area (Å²) in [6.07, 6.45) is -4.78. The number of para-hydroxylation sites is 1. The van der Waals surface area contributed by atoms with Gasteiger partial charge in [0.15, 0.2) is 0 Å². The summed E-state index contributed by atoms with van der Waals surface area (Å²) in [7, 11) is 0. The lowest BCUT2D eigenvalue weighted by Crippen LogP contribution is -2.40. The lowest BCUT2D eigenvalue weighted by Gasteiger charge is -2.19. The zero-order chi connectivity index (χ0) is 15.3. The van der Waals surface area contributed by atoms with Gasteiger partial charge in [-0.05, 0) is 12.0 Å². The van der Waals surface area contributed by atoms with Crippen LogP contribution in [0.15, 0.2) is 24.3 Å². The monoisotopic (exact) mass is 291 g/mol. The van der Waals surface area contributed by atoms with Crippen LogP contribution in [0.2, 0.25) is 0 Å². The molecule has 7 heteroatoms. The van der Waals surface area contributed by atoms with Gasteiger partial charge in [-0.1, -0.05) is 32.0 Å². The third kappa shape index (κ3) is 5.08. The molecule has 0 aromatic heterocycles. The minimum Gasteiger partial charge on any atom is -0.480 e. The molecule has 1 aromatic rings. The fraction of sp³-hybridized carbons (Fsp3) is 0.462. The van der Waals surface area contributed by atoms with E-state index >= 15 is 0 Å². The minimum atomic E-state index is -4.78. The van der Waals surface area contributed by atoms with Crippen molar-refractivity contribution in [1.29, 1.82) is 0 Å². The van der Waals surface area contributed by atoms with Crippen LogP contribution >= 0.6 is 0 Å². The third-order valence-electron chi connectivity index (χ3n) is 2.64. The SMILES string of the molecule is CC(C)C(NCc1ccccc1OC(F)(F)F)C(=O)O. The molecule has 4 nitrogen and oxygen atoms in total. The van der Waals surface area contributed by atoms with Crippen LogP contribution in [0.3, 0.4) is 0 Å². The Morgan fingerprint density at radius 2 is 1.95 bits per heavy atom. The largest absolute Gasteiger partial charge is 0.573 e. The first-order chi connectivity index (χ1) is 9.20. The van der Waals surface area contributed by atoms with Gasteiger partial charge in [0, 0.05) is 12.1 Å². The number of halogens is 3. The van der Waals surface area contributed by atoms with E-state index < -0.39 is 18.4 Å². The van der Waals surface area contributed by atoms with Gasteiger partial charge in [0.05, 0.1) is 0 Å². The number of benzene rings is 1. The summed E-state index contributed by atoms with van der Waals surface area (Å²) < 4.78 is 40.6. The lowest BCUT2D eigenvalue weighted by molar-refractivity contribution is -0.274. The van der Waals surface area contributed by atoms with Crippen LogP contribution in [-0.4, -0.2) is 23.5 Å². The second-order valence-corrected chi connectivity index (χ2v) is 4.60. The van der Waals surface area contributed by atoms with E-state index in [2.05, 4.69) is 10.1 Å². The number of hydrogen-bond acceptors (Lipinski definition) is 3. The van der Waals surface area contributed by atoms with Crippen molar-refractivity contribution in [1.82, 2.24) is 5.32 Å². The maximum Gasteiger partial charge on any atom is 0.573 e. The fourth-order valence-electron chi connectivity index (χ4n) is 1.70. The Hall–Kier alpha value is -1.76. The van der Waals surface area contributed by atoms with Gasteiger partial charge in [-0.2, -0.15) is 0 Å². The topological polar surface area (TPSA) is 58.6 Å². The van der Waals surface area contributed by atoms with Crippen LogP contribution in [0.4, 0.5) is 13.2 Å². The molecule has 0 aliphatic heterocycles. The maximum absolute atomic E-state index is 12.2. The summed E-state index contributed by atoms with van der Waals surface area (Å²) in [5.41, 5.74) is 0.247. The Kier molecular flexibility index (Phi) is 5.38. The second kappa shape index (κ2) is 6.60. The molecule has 2 N–H and O–H groups in total. The van der Waals surface area contributed by atoms with Gasteiger partial charge in [0.25, 0.3) is 0 Å². The van der Waals surface area contributed by atoms with Gasteiger partial charge < -0.3 is 9.84 Å². The quantitative estimate of drug-likeness (QED) is 0.846. The molecular weight excluding hydrogens is 275 g/mol. The first-order valence-corrected chi connectivity index (χ1v) is 6.00. The second-order valence-electron chi connectivity index (χ2n) is 4.60. The van der Waals surface area contributed by atoms with Crippen LogP contribution in [-0.2, 0) is 11.3 Å². The molecule has 0 spiro atoms.